The number of rotatable bonds is 9. The molecular formula is C43H38N4O9. The molecule has 2 aliphatic carbocycles. The highest BCUT2D eigenvalue weighted by molar-refractivity contribution is 6.22. The van der Waals surface area contributed by atoms with Gasteiger partial charge in [0.25, 0.3) is 17.5 Å². The van der Waals surface area contributed by atoms with E-state index in [9.17, 15) is 29.6 Å². The standard InChI is InChI=1S/C43H38N4O9/c1-24-12-15-27(16-13-24)44-46-40(50)34-23-32-30(17-18-31-37(32)41(51)45(39(31)49)28-10-7-11-29(22-28)47(53)54)33(43(34,42(46)52)26-8-5-4-6-9-26)19-14-25-20-35(55-2)38(48)36(21-25)56-3/h4-17,19-22,31-34,37,44,48H,18,23H2,1-3H3. The molecule has 0 aromatic heterocycles. The third kappa shape index (κ3) is 5.52. The van der Waals surface area contributed by atoms with Gasteiger partial charge in [-0.25, -0.2) is 4.90 Å². The molecule has 4 aromatic rings. The molecule has 56 heavy (non-hydrogen) atoms. The zero-order chi connectivity index (χ0) is 39.5. The number of aryl methyl sites for hydroxylation is 1. The van der Waals surface area contributed by atoms with Gasteiger partial charge in [-0.1, -0.05) is 77.9 Å². The lowest BCUT2D eigenvalue weighted by Gasteiger charge is -2.49. The summed E-state index contributed by atoms with van der Waals surface area (Å²) < 4.78 is 10.8. The Morgan fingerprint density at radius 2 is 1.57 bits per heavy atom. The number of benzene rings is 4. The molecule has 284 valence electrons. The Balaban J connectivity index is 1.29. The number of non-ortho nitro benzene ring substituents is 1. The van der Waals surface area contributed by atoms with Crippen LogP contribution in [0.15, 0.2) is 109 Å². The lowest BCUT2D eigenvalue weighted by Crippen LogP contribution is -2.54. The first-order valence-corrected chi connectivity index (χ1v) is 18.2. The second kappa shape index (κ2) is 13.8. The molecule has 13 heteroatoms. The third-order valence-electron chi connectivity index (χ3n) is 11.7. The maximum atomic E-state index is 15.3. The molecule has 0 spiro atoms. The van der Waals surface area contributed by atoms with Crippen LogP contribution < -0.4 is 19.8 Å². The molecule has 8 rings (SSSR count). The molecule has 2 N–H and O–H groups in total. The van der Waals surface area contributed by atoms with Crippen LogP contribution in [-0.4, -0.2) is 52.9 Å². The summed E-state index contributed by atoms with van der Waals surface area (Å²) in [6.45, 7) is 1.93. The number of phenolic OH excluding ortho intramolecular Hbond substituents is 1. The minimum absolute atomic E-state index is 0.0888. The molecule has 2 aliphatic heterocycles. The van der Waals surface area contributed by atoms with Crippen molar-refractivity contribution in [3.8, 4) is 17.2 Å². The van der Waals surface area contributed by atoms with Gasteiger partial charge in [0.05, 0.1) is 53.7 Å². The number of nitrogens with zero attached hydrogens (tertiary/aromatic N) is 3. The highest BCUT2D eigenvalue weighted by Gasteiger charge is 2.69. The molecule has 4 amide bonds. The summed E-state index contributed by atoms with van der Waals surface area (Å²) in [6, 6.07) is 25.1. The van der Waals surface area contributed by atoms with Gasteiger partial charge in [0.15, 0.2) is 11.5 Å². The van der Waals surface area contributed by atoms with Gasteiger partial charge in [-0.05, 0) is 67.1 Å². The smallest absolute Gasteiger partial charge is 0.271 e. The van der Waals surface area contributed by atoms with Crippen LogP contribution in [0.1, 0.15) is 29.5 Å². The molecule has 2 saturated heterocycles. The van der Waals surface area contributed by atoms with E-state index in [0.717, 1.165) is 21.0 Å². The van der Waals surface area contributed by atoms with Crippen LogP contribution in [0.4, 0.5) is 17.1 Å². The second-order valence-electron chi connectivity index (χ2n) is 14.6. The Bertz CT molecular complexity index is 2330. The van der Waals surface area contributed by atoms with E-state index in [1.54, 1.807) is 30.3 Å². The number of hydrogen-bond donors (Lipinski definition) is 2. The summed E-state index contributed by atoms with van der Waals surface area (Å²) in [5, 5.41) is 23.3. The Hall–Kier alpha value is -6.76. The van der Waals surface area contributed by atoms with E-state index in [1.807, 2.05) is 61.5 Å². The van der Waals surface area contributed by atoms with Crippen molar-refractivity contribution in [1.29, 1.82) is 0 Å². The van der Waals surface area contributed by atoms with Crippen molar-refractivity contribution >= 4 is 46.8 Å². The Morgan fingerprint density at radius 3 is 2.23 bits per heavy atom. The van der Waals surface area contributed by atoms with Crippen molar-refractivity contribution < 1.29 is 38.7 Å². The maximum Gasteiger partial charge on any atom is 0.271 e. The van der Waals surface area contributed by atoms with E-state index in [0.29, 0.717) is 16.8 Å². The van der Waals surface area contributed by atoms with Crippen molar-refractivity contribution in [2.45, 2.75) is 25.2 Å². The first kappa shape index (κ1) is 36.2. The molecule has 0 radical (unpaired) electrons. The summed E-state index contributed by atoms with van der Waals surface area (Å²) >= 11 is 0. The molecule has 2 heterocycles. The summed E-state index contributed by atoms with van der Waals surface area (Å²) in [7, 11) is 2.84. The van der Waals surface area contributed by atoms with Gasteiger partial charge in [0.2, 0.25) is 17.6 Å². The van der Waals surface area contributed by atoms with E-state index >= 15 is 4.79 Å². The molecule has 1 saturated carbocycles. The number of phenols is 1. The van der Waals surface area contributed by atoms with Gasteiger partial charge >= 0.3 is 0 Å². The summed E-state index contributed by atoms with van der Waals surface area (Å²) in [5.74, 6) is -5.83. The zero-order valence-corrected chi connectivity index (χ0v) is 30.7. The lowest BCUT2D eigenvalue weighted by atomic mass is 9.50. The second-order valence-corrected chi connectivity index (χ2v) is 14.6. The number of fused-ring (bicyclic) bond motifs is 4. The van der Waals surface area contributed by atoms with Crippen LogP contribution in [0, 0.1) is 46.6 Å². The van der Waals surface area contributed by atoms with Crippen LogP contribution in [0.25, 0.3) is 6.08 Å². The number of allylic oxidation sites excluding steroid dienone is 3. The molecule has 13 nitrogen and oxygen atoms in total. The van der Waals surface area contributed by atoms with E-state index in [4.69, 9.17) is 9.47 Å². The largest absolute Gasteiger partial charge is 0.502 e. The molecule has 6 unspecified atom stereocenters. The number of nitro groups is 1. The first-order valence-electron chi connectivity index (χ1n) is 18.2. The van der Waals surface area contributed by atoms with Gasteiger partial charge in [-0.15, -0.1) is 0 Å². The van der Waals surface area contributed by atoms with Gasteiger partial charge < -0.3 is 14.6 Å². The summed E-state index contributed by atoms with van der Waals surface area (Å²) in [5.41, 5.74) is 4.91. The number of anilines is 2. The number of hydrazine groups is 1. The molecular weight excluding hydrogens is 716 g/mol. The van der Waals surface area contributed by atoms with Gasteiger partial charge in [0.1, 0.15) is 0 Å². The number of nitro benzene ring substituents is 1. The fraction of sp³-hybridized carbons (Fsp3) is 0.256. The van der Waals surface area contributed by atoms with E-state index in [2.05, 4.69) is 5.43 Å². The number of carbonyl (C=O) groups is 4. The highest BCUT2D eigenvalue weighted by atomic mass is 16.6. The number of carbonyl (C=O) groups excluding carboxylic acids is 4. The average molecular weight is 755 g/mol. The molecule has 4 aliphatic rings. The van der Waals surface area contributed by atoms with Gasteiger partial charge in [-0.2, -0.15) is 5.01 Å². The predicted molar refractivity (Wildman–Crippen MR) is 205 cm³/mol. The minimum Gasteiger partial charge on any atom is -0.502 e. The van der Waals surface area contributed by atoms with Crippen molar-refractivity contribution in [3.05, 3.63) is 136 Å². The van der Waals surface area contributed by atoms with Crippen LogP contribution >= 0.6 is 0 Å². The number of imide groups is 2. The van der Waals surface area contributed by atoms with E-state index in [1.165, 1.54) is 38.5 Å². The fourth-order valence-electron chi connectivity index (χ4n) is 9.21. The minimum atomic E-state index is -1.47. The van der Waals surface area contributed by atoms with Gasteiger partial charge in [-0.3, -0.25) is 34.7 Å². The van der Waals surface area contributed by atoms with Gasteiger partial charge in [0, 0.05) is 18.1 Å². The van der Waals surface area contributed by atoms with E-state index < -0.39 is 63.6 Å². The Kier molecular flexibility index (Phi) is 8.94. The van der Waals surface area contributed by atoms with Crippen LogP contribution in [0.5, 0.6) is 17.2 Å². The fourth-order valence-corrected chi connectivity index (χ4v) is 9.21. The molecule has 0 bridgehead atoms. The third-order valence-corrected chi connectivity index (χ3v) is 11.7. The monoisotopic (exact) mass is 754 g/mol. The number of hydrogen-bond acceptors (Lipinski definition) is 10. The molecule has 4 aromatic carbocycles. The molecule has 3 fully saturated rings. The van der Waals surface area contributed by atoms with Crippen molar-refractivity contribution in [1.82, 2.24) is 5.01 Å². The zero-order valence-electron chi connectivity index (χ0n) is 30.7. The summed E-state index contributed by atoms with van der Waals surface area (Å²) in [4.78, 5) is 70.8. The van der Waals surface area contributed by atoms with Crippen LogP contribution in [0.3, 0.4) is 0 Å². The SMILES string of the molecule is COc1cc(C=CC2C3=CCC4C(=O)N(c5cccc([N+](=O)[O-])c5)C(=O)C4C3CC3C(=O)N(Nc4ccc(C)cc4)C(=O)C23c2ccccc2)cc(OC)c1O. The number of methoxy groups -OCH3 is 2. The predicted octanol–water partition coefficient (Wildman–Crippen LogP) is 6.36. The maximum absolute atomic E-state index is 15.3. The average Bonchev–Trinajstić information content (AvgIpc) is 3.59. The van der Waals surface area contributed by atoms with Crippen LogP contribution in [0.2, 0.25) is 0 Å². The normalized spacial score (nSPS) is 25.5. The number of nitrogens with one attached hydrogen (secondary N) is 1. The quantitative estimate of drug-likeness (QED) is 0.0849. The van der Waals surface area contributed by atoms with E-state index in [-0.39, 0.29) is 41.5 Å². The topological polar surface area (TPSA) is 169 Å². The molecule has 6 atom stereocenters. The van der Waals surface area contributed by atoms with Crippen molar-refractivity contribution in [2.24, 2.45) is 29.6 Å². The Labute approximate surface area is 321 Å². The Morgan fingerprint density at radius 1 is 0.875 bits per heavy atom. The summed E-state index contributed by atoms with van der Waals surface area (Å²) in [6.07, 6.45) is 5.82. The number of aromatic hydroxyl groups is 1. The van der Waals surface area contributed by atoms with Crippen molar-refractivity contribution in [3.63, 3.8) is 0 Å². The first-order chi connectivity index (χ1) is 27.0. The number of amides is 4. The van der Waals surface area contributed by atoms with Crippen LogP contribution in [-0.2, 0) is 24.6 Å². The highest BCUT2D eigenvalue weighted by Crippen LogP contribution is 2.61. The number of ether oxygens (including phenoxy) is 2. The van der Waals surface area contributed by atoms with Crippen molar-refractivity contribution in [2.75, 3.05) is 24.5 Å². The lowest BCUT2D eigenvalue weighted by molar-refractivity contribution is -0.384.